The van der Waals surface area contributed by atoms with Gasteiger partial charge in [0.15, 0.2) is 5.96 Å². The summed E-state index contributed by atoms with van der Waals surface area (Å²) in [6.07, 6.45) is 2.53. The third-order valence-electron chi connectivity index (χ3n) is 5.47. The molecule has 2 aromatic rings. The summed E-state index contributed by atoms with van der Waals surface area (Å²) in [6.45, 7) is 6.29. The molecule has 0 aliphatic carbocycles. The van der Waals surface area contributed by atoms with E-state index in [1.54, 1.807) is 7.05 Å². The van der Waals surface area contributed by atoms with Crippen molar-refractivity contribution in [3.05, 3.63) is 71.3 Å². The smallest absolute Gasteiger partial charge is 0.251 e. The average molecular weight is 535 g/mol. The minimum absolute atomic E-state index is 0. The molecule has 0 radical (unpaired) electrons. The van der Waals surface area contributed by atoms with Gasteiger partial charge in [-0.25, -0.2) is 0 Å². The van der Waals surface area contributed by atoms with Crippen molar-refractivity contribution >= 4 is 35.8 Å². The van der Waals surface area contributed by atoms with E-state index in [4.69, 9.17) is 0 Å². The highest BCUT2D eigenvalue weighted by Gasteiger charge is 2.23. The number of hydrogen-bond acceptors (Lipinski definition) is 3. The molecule has 1 unspecified atom stereocenters. The van der Waals surface area contributed by atoms with Gasteiger partial charge in [-0.1, -0.05) is 42.5 Å². The van der Waals surface area contributed by atoms with Gasteiger partial charge in [-0.3, -0.25) is 14.7 Å². The second-order valence-electron chi connectivity index (χ2n) is 7.53. The Morgan fingerprint density at radius 2 is 1.68 bits per heavy atom. The zero-order chi connectivity index (χ0) is 21.2. The lowest BCUT2D eigenvalue weighted by molar-refractivity contribution is 0.0956. The van der Waals surface area contributed by atoms with E-state index in [2.05, 4.69) is 56.2 Å². The van der Waals surface area contributed by atoms with Crippen molar-refractivity contribution in [1.29, 1.82) is 0 Å². The van der Waals surface area contributed by atoms with E-state index in [0.717, 1.165) is 31.2 Å². The molecule has 0 bridgehead atoms. The maximum Gasteiger partial charge on any atom is 0.251 e. The van der Waals surface area contributed by atoms with Crippen molar-refractivity contribution < 1.29 is 4.79 Å². The second-order valence-corrected chi connectivity index (χ2v) is 7.53. The molecule has 1 saturated heterocycles. The Morgan fingerprint density at radius 3 is 2.29 bits per heavy atom. The molecule has 1 heterocycles. The van der Waals surface area contributed by atoms with Gasteiger partial charge in [-0.05, 0) is 56.1 Å². The molecule has 1 aliphatic rings. The number of carbonyl (C=O) groups is 1. The first kappa shape index (κ1) is 25.1. The zero-order valence-corrected chi connectivity index (χ0v) is 20.8. The Hall–Kier alpha value is -2.13. The van der Waals surface area contributed by atoms with Crippen molar-refractivity contribution in [2.24, 2.45) is 4.99 Å². The number of carbonyl (C=O) groups excluding carboxylic acids is 1. The third kappa shape index (κ3) is 7.50. The highest BCUT2D eigenvalue weighted by atomic mass is 127. The van der Waals surface area contributed by atoms with Crippen LogP contribution in [0.5, 0.6) is 0 Å². The van der Waals surface area contributed by atoms with Gasteiger partial charge < -0.3 is 16.0 Å². The largest absolute Gasteiger partial charge is 0.354 e. The minimum Gasteiger partial charge on any atom is -0.354 e. The molecular formula is C24H34IN5O. The van der Waals surface area contributed by atoms with Crippen molar-refractivity contribution in [1.82, 2.24) is 20.9 Å². The molecule has 1 amide bonds. The SMILES string of the molecule is CCNC(=O)c1ccc(CNC(=NC)NCC(c2ccccc2)N2CCCC2)cc1.I. The molecule has 31 heavy (non-hydrogen) atoms. The van der Waals surface area contributed by atoms with E-state index in [9.17, 15) is 4.79 Å². The molecule has 0 aromatic heterocycles. The number of hydrogen-bond donors (Lipinski definition) is 3. The van der Waals surface area contributed by atoms with E-state index in [1.165, 1.54) is 18.4 Å². The van der Waals surface area contributed by atoms with Crippen molar-refractivity contribution in [3.8, 4) is 0 Å². The number of aliphatic imine (C=N–C) groups is 1. The van der Waals surface area contributed by atoms with Gasteiger partial charge in [0.2, 0.25) is 0 Å². The summed E-state index contributed by atoms with van der Waals surface area (Å²) in [7, 11) is 1.79. The van der Waals surface area contributed by atoms with Crippen LogP contribution in [-0.2, 0) is 6.54 Å². The lowest BCUT2D eigenvalue weighted by Crippen LogP contribution is -2.42. The van der Waals surface area contributed by atoms with Crippen molar-refractivity contribution in [3.63, 3.8) is 0 Å². The quantitative estimate of drug-likeness (QED) is 0.275. The Morgan fingerprint density at radius 1 is 1.00 bits per heavy atom. The predicted octanol–water partition coefficient (Wildman–Crippen LogP) is 3.56. The van der Waals surface area contributed by atoms with Gasteiger partial charge in [-0.15, -0.1) is 24.0 Å². The van der Waals surface area contributed by atoms with Crippen molar-refractivity contribution in [2.75, 3.05) is 33.2 Å². The number of rotatable bonds is 8. The summed E-state index contributed by atoms with van der Waals surface area (Å²) < 4.78 is 0. The van der Waals surface area contributed by atoms with Crippen LogP contribution >= 0.6 is 24.0 Å². The third-order valence-corrected chi connectivity index (χ3v) is 5.47. The first-order valence-electron chi connectivity index (χ1n) is 10.8. The number of likely N-dealkylation sites (tertiary alicyclic amines) is 1. The lowest BCUT2D eigenvalue weighted by atomic mass is 10.1. The maximum atomic E-state index is 11.9. The van der Waals surface area contributed by atoms with E-state index in [-0.39, 0.29) is 29.9 Å². The van der Waals surface area contributed by atoms with Crippen LogP contribution in [0.4, 0.5) is 0 Å². The fourth-order valence-corrected chi connectivity index (χ4v) is 3.82. The van der Waals surface area contributed by atoms with Gasteiger partial charge in [0.1, 0.15) is 0 Å². The molecule has 6 nitrogen and oxygen atoms in total. The standard InChI is InChI=1S/C24H33N5O.HI/c1-3-26-23(30)21-13-11-19(12-14-21)17-27-24(25-2)28-18-22(29-15-7-8-16-29)20-9-5-4-6-10-20;/h4-6,9-14,22H,3,7-8,15-18H2,1-2H3,(H,26,30)(H2,25,27,28);1H. The molecule has 3 N–H and O–H groups in total. The van der Waals surface area contributed by atoms with E-state index in [1.807, 2.05) is 31.2 Å². The van der Waals surface area contributed by atoms with Crippen LogP contribution < -0.4 is 16.0 Å². The predicted molar refractivity (Wildman–Crippen MR) is 138 cm³/mol. The van der Waals surface area contributed by atoms with Crippen LogP contribution in [0.15, 0.2) is 59.6 Å². The molecule has 1 atom stereocenters. The number of nitrogens with zero attached hydrogens (tertiary/aromatic N) is 2. The van der Waals surface area contributed by atoms with Gasteiger partial charge >= 0.3 is 0 Å². The van der Waals surface area contributed by atoms with Crippen LogP contribution in [0, 0.1) is 0 Å². The van der Waals surface area contributed by atoms with Gasteiger partial charge in [0.25, 0.3) is 5.91 Å². The number of amides is 1. The highest BCUT2D eigenvalue weighted by molar-refractivity contribution is 14.0. The monoisotopic (exact) mass is 535 g/mol. The summed E-state index contributed by atoms with van der Waals surface area (Å²) in [6, 6.07) is 18.7. The molecular weight excluding hydrogens is 501 g/mol. The molecule has 2 aromatic carbocycles. The number of benzene rings is 2. The van der Waals surface area contributed by atoms with Gasteiger partial charge in [0.05, 0.1) is 6.04 Å². The summed E-state index contributed by atoms with van der Waals surface area (Å²) in [4.78, 5) is 18.8. The van der Waals surface area contributed by atoms with Crippen LogP contribution in [-0.4, -0.2) is 50.0 Å². The normalized spacial score (nSPS) is 15.1. The minimum atomic E-state index is -0.0386. The van der Waals surface area contributed by atoms with Crippen LogP contribution in [0.3, 0.4) is 0 Å². The fourth-order valence-electron chi connectivity index (χ4n) is 3.82. The second kappa shape index (κ2) is 13.3. The van der Waals surface area contributed by atoms with Crippen LogP contribution in [0.1, 0.15) is 47.3 Å². The Kier molecular flexibility index (Phi) is 10.8. The number of guanidine groups is 1. The average Bonchev–Trinajstić information content (AvgIpc) is 3.32. The van der Waals surface area contributed by atoms with E-state index in [0.29, 0.717) is 24.7 Å². The Labute approximate surface area is 202 Å². The molecule has 1 aliphatic heterocycles. The molecule has 1 fully saturated rings. The van der Waals surface area contributed by atoms with Crippen LogP contribution in [0.25, 0.3) is 0 Å². The van der Waals surface area contributed by atoms with Crippen molar-refractivity contribution in [2.45, 2.75) is 32.4 Å². The van der Waals surface area contributed by atoms with Crippen LogP contribution in [0.2, 0.25) is 0 Å². The summed E-state index contributed by atoms with van der Waals surface area (Å²) in [5, 5.41) is 9.69. The molecule has 0 spiro atoms. The molecule has 3 rings (SSSR count). The molecule has 168 valence electrons. The Bertz CT molecular complexity index is 820. The number of nitrogens with one attached hydrogen (secondary N) is 3. The topological polar surface area (TPSA) is 68.8 Å². The molecule has 7 heteroatoms. The zero-order valence-electron chi connectivity index (χ0n) is 18.4. The Balaban J connectivity index is 0.00000341. The maximum absolute atomic E-state index is 11.9. The fraction of sp³-hybridized carbons (Fsp3) is 0.417. The lowest BCUT2D eigenvalue weighted by Gasteiger charge is -2.29. The summed E-state index contributed by atoms with van der Waals surface area (Å²) in [5.74, 6) is 0.742. The highest BCUT2D eigenvalue weighted by Crippen LogP contribution is 2.24. The summed E-state index contributed by atoms with van der Waals surface area (Å²) in [5.41, 5.74) is 3.12. The first-order valence-corrected chi connectivity index (χ1v) is 10.8. The first-order chi connectivity index (χ1) is 14.7. The van der Waals surface area contributed by atoms with Gasteiger partial charge in [0, 0.05) is 32.2 Å². The molecule has 0 saturated carbocycles. The number of halogens is 1. The van der Waals surface area contributed by atoms with E-state index < -0.39 is 0 Å². The van der Waals surface area contributed by atoms with Gasteiger partial charge in [-0.2, -0.15) is 0 Å². The summed E-state index contributed by atoms with van der Waals surface area (Å²) >= 11 is 0. The van der Waals surface area contributed by atoms with E-state index >= 15 is 0 Å².